The Morgan fingerprint density at radius 2 is 2.05 bits per heavy atom. The summed E-state index contributed by atoms with van der Waals surface area (Å²) in [7, 11) is 0. The van der Waals surface area contributed by atoms with E-state index in [0.717, 1.165) is 19.6 Å². The number of amides is 1. The molecule has 2 rings (SSSR count). The molecule has 1 saturated heterocycles. The Morgan fingerprint density at radius 1 is 1.38 bits per heavy atom. The molecule has 2 atom stereocenters. The lowest BCUT2D eigenvalue weighted by Gasteiger charge is -2.34. The highest BCUT2D eigenvalue weighted by Crippen LogP contribution is 2.21. The first-order chi connectivity index (χ1) is 9.94. The number of nitrogens with one attached hydrogen (secondary N) is 1. The third-order valence-corrected chi connectivity index (χ3v) is 3.88. The normalized spacial score (nSPS) is 23.0. The lowest BCUT2D eigenvalue weighted by atomic mass is 9.92. The molecule has 5 heteroatoms. The van der Waals surface area contributed by atoms with Gasteiger partial charge in [0.2, 0.25) is 5.91 Å². The largest absolute Gasteiger partial charge is 0.396 e. The summed E-state index contributed by atoms with van der Waals surface area (Å²) in [6.07, 6.45) is 1.70. The van der Waals surface area contributed by atoms with E-state index in [4.69, 9.17) is 5.73 Å². The van der Waals surface area contributed by atoms with Crippen LogP contribution in [0.3, 0.4) is 0 Å². The first kappa shape index (κ1) is 15.8. The number of hydrogen-bond acceptors (Lipinski definition) is 3. The third kappa shape index (κ3) is 4.70. The molecule has 1 aliphatic heterocycles. The van der Waals surface area contributed by atoms with Crippen LogP contribution in [0, 0.1) is 17.7 Å². The number of nitrogen functional groups attached to an aromatic ring is 1. The number of halogens is 1. The number of nitrogens with zero attached hydrogens (tertiary/aromatic N) is 1. The maximum atomic E-state index is 13.1. The van der Waals surface area contributed by atoms with Gasteiger partial charge in [-0.05, 0) is 36.5 Å². The molecule has 1 fully saturated rings. The quantitative estimate of drug-likeness (QED) is 0.839. The molecule has 1 amide bonds. The summed E-state index contributed by atoms with van der Waals surface area (Å²) in [5, 5.41) is 2.76. The number of carbonyl (C=O) groups excluding carboxylic acids is 1. The summed E-state index contributed by atoms with van der Waals surface area (Å²) < 4.78 is 13.1. The van der Waals surface area contributed by atoms with Crippen molar-refractivity contribution in [2.45, 2.75) is 26.7 Å². The van der Waals surface area contributed by atoms with E-state index in [2.05, 4.69) is 24.1 Å². The van der Waals surface area contributed by atoms with Gasteiger partial charge in [-0.25, -0.2) is 4.39 Å². The lowest BCUT2D eigenvalue weighted by Crippen LogP contribution is -2.40. The molecule has 0 aliphatic carbocycles. The monoisotopic (exact) mass is 293 g/mol. The minimum absolute atomic E-state index is 0.0477. The fourth-order valence-corrected chi connectivity index (χ4v) is 3.08. The van der Waals surface area contributed by atoms with Gasteiger partial charge >= 0.3 is 0 Å². The molecular weight excluding hydrogens is 269 g/mol. The zero-order valence-corrected chi connectivity index (χ0v) is 12.7. The average Bonchev–Trinajstić information content (AvgIpc) is 2.40. The Hall–Kier alpha value is -1.62. The molecule has 2 unspecified atom stereocenters. The fourth-order valence-electron chi connectivity index (χ4n) is 3.08. The zero-order valence-electron chi connectivity index (χ0n) is 12.7. The van der Waals surface area contributed by atoms with Crippen molar-refractivity contribution in [3.8, 4) is 0 Å². The van der Waals surface area contributed by atoms with Gasteiger partial charge in [-0.2, -0.15) is 0 Å². The highest BCUT2D eigenvalue weighted by atomic mass is 19.1. The van der Waals surface area contributed by atoms with E-state index in [-0.39, 0.29) is 11.6 Å². The van der Waals surface area contributed by atoms with Crippen LogP contribution in [-0.2, 0) is 4.79 Å². The summed E-state index contributed by atoms with van der Waals surface area (Å²) in [5.41, 5.74) is 6.07. The number of carbonyl (C=O) groups is 1. The first-order valence-electron chi connectivity index (χ1n) is 7.51. The molecule has 1 aliphatic rings. The molecule has 1 aromatic carbocycles. The number of benzene rings is 1. The maximum Gasteiger partial charge on any atom is 0.225 e. The second-order valence-electron chi connectivity index (χ2n) is 6.24. The van der Waals surface area contributed by atoms with Crippen LogP contribution in [-0.4, -0.2) is 30.4 Å². The molecule has 1 heterocycles. The molecule has 3 N–H and O–H groups in total. The van der Waals surface area contributed by atoms with Gasteiger partial charge in [0.15, 0.2) is 0 Å². The van der Waals surface area contributed by atoms with Crippen molar-refractivity contribution in [1.29, 1.82) is 0 Å². The summed E-state index contributed by atoms with van der Waals surface area (Å²) in [5.74, 6) is 0.846. The number of likely N-dealkylation sites (tertiary alicyclic amines) is 1. The minimum Gasteiger partial charge on any atom is -0.396 e. The van der Waals surface area contributed by atoms with E-state index in [1.807, 2.05) is 0 Å². The number of rotatable bonds is 4. The molecule has 116 valence electrons. The topological polar surface area (TPSA) is 58.4 Å². The van der Waals surface area contributed by atoms with Crippen LogP contribution >= 0.6 is 0 Å². The minimum atomic E-state index is -0.468. The van der Waals surface area contributed by atoms with Gasteiger partial charge in [0.1, 0.15) is 5.82 Å². The van der Waals surface area contributed by atoms with E-state index in [9.17, 15) is 9.18 Å². The average molecular weight is 293 g/mol. The van der Waals surface area contributed by atoms with E-state index < -0.39 is 5.82 Å². The van der Waals surface area contributed by atoms with Crippen LogP contribution in [0.5, 0.6) is 0 Å². The number of anilines is 2. The number of nitrogens with two attached hydrogens (primary N) is 1. The molecule has 0 spiro atoms. The molecule has 1 aromatic rings. The van der Waals surface area contributed by atoms with Gasteiger partial charge < -0.3 is 16.0 Å². The van der Waals surface area contributed by atoms with Crippen molar-refractivity contribution in [3.63, 3.8) is 0 Å². The van der Waals surface area contributed by atoms with Gasteiger partial charge in [0.25, 0.3) is 0 Å². The van der Waals surface area contributed by atoms with Crippen molar-refractivity contribution in [2.24, 2.45) is 11.8 Å². The van der Waals surface area contributed by atoms with Crippen molar-refractivity contribution in [2.75, 3.05) is 30.7 Å². The Labute approximate surface area is 125 Å². The molecule has 0 aromatic heterocycles. The fraction of sp³-hybridized carbons (Fsp3) is 0.562. The molecule has 0 radical (unpaired) electrons. The van der Waals surface area contributed by atoms with Crippen LogP contribution in [0.4, 0.5) is 15.8 Å². The predicted molar refractivity (Wildman–Crippen MR) is 83.4 cm³/mol. The highest BCUT2D eigenvalue weighted by molar-refractivity contribution is 5.91. The van der Waals surface area contributed by atoms with E-state index in [1.165, 1.54) is 24.6 Å². The third-order valence-electron chi connectivity index (χ3n) is 3.88. The van der Waals surface area contributed by atoms with E-state index in [0.29, 0.717) is 23.9 Å². The standard InChI is InChI=1S/C16H24FN3O/c1-11-7-12(2)10-20(9-11)6-5-16(21)19-13-3-4-14(17)15(18)8-13/h3-4,8,11-12H,5-7,9-10,18H2,1-2H3,(H,19,21). The van der Waals surface area contributed by atoms with Crippen LogP contribution in [0.2, 0.25) is 0 Å². The van der Waals surface area contributed by atoms with Crippen LogP contribution in [0.15, 0.2) is 18.2 Å². The lowest BCUT2D eigenvalue weighted by molar-refractivity contribution is -0.116. The Bertz CT molecular complexity index is 496. The highest BCUT2D eigenvalue weighted by Gasteiger charge is 2.21. The molecular formula is C16H24FN3O. The Balaban J connectivity index is 1.80. The number of hydrogen-bond donors (Lipinski definition) is 2. The summed E-state index contributed by atoms with van der Waals surface area (Å²) in [6.45, 7) is 7.38. The van der Waals surface area contributed by atoms with Gasteiger partial charge in [-0.15, -0.1) is 0 Å². The van der Waals surface area contributed by atoms with Crippen molar-refractivity contribution in [3.05, 3.63) is 24.0 Å². The van der Waals surface area contributed by atoms with Crippen LogP contribution in [0.25, 0.3) is 0 Å². The van der Waals surface area contributed by atoms with Crippen LogP contribution in [0.1, 0.15) is 26.7 Å². The van der Waals surface area contributed by atoms with Gasteiger partial charge in [-0.1, -0.05) is 13.8 Å². The van der Waals surface area contributed by atoms with E-state index >= 15 is 0 Å². The molecule has 21 heavy (non-hydrogen) atoms. The molecule has 0 saturated carbocycles. The summed E-state index contributed by atoms with van der Waals surface area (Å²) in [4.78, 5) is 14.3. The second kappa shape index (κ2) is 6.89. The predicted octanol–water partition coefficient (Wildman–Crippen LogP) is 2.71. The SMILES string of the molecule is CC1CC(C)CN(CCC(=O)Nc2ccc(F)c(N)c2)C1. The summed E-state index contributed by atoms with van der Waals surface area (Å²) in [6, 6.07) is 4.23. The molecule has 0 bridgehead atoms. The van der Waals surface area contributed by atoms with Crippen molar-refractivity contribution < 1.29 is 9.18 Å². The number of piperidine rings is 1. The van der Waals surface area contributed by atoms with Gasteiger partial charge in [0, 0.05) is 31.7 Å². The summed E-state index contributed by atoms with van der Waals surface area (Å²) >= 11 is 0. The van der Waals surface area contributed by atoms with E-state index in [1.54, 1.807) is 0 Å². The smallest absolute Gasteiger partial charge is 0.225 e. The Morgan fingerprint density at radius 3 is 2.67 bits per heavy atom. The van der Waals surface area contributed by atoms with Gasteiger partial charge in [-0.3, -0.25) is 4.79 Å². The maximum absolute atomic E-state index is 13.1. The van der Waals surface area contributed by atoms with Gasteiger partial charge in [0.05, 0.1) is 5.69 Å². The van der Waals surface area contributed by atoms with Crippen LogP contribution < -0.4 is 11.1 Å². The second-order valence-corrected chi connectivity index (χ2v) is 6.24. The zero-order chi connectivity index (χ0) is 15.4. The van der Waals surface area contributed by atoms with Crippen molar-refractivity contribution >= 4 is 17.3 Å². The first-order valence-corrected chi connectivity index (χ1v) is 7.51. The van der Waals surface area contributed by atoms with Crippen molar-refractivity contribution in [1.82, 2.24) is 4.90 Å². The Kier molecular flexibility index (Phi) is 5.17. The molecule has 4 nitrogen and oxygen atoms in total.